The van der Waals surface area contributed by atoms with Gasteiger partial charge in [0, 0.05) is 44.3 Å². The van der Waals surface area contributed by atoms with E-state index in [-0.39, 0.29) is 24.3 Å². The first-order valence-corrected chi connectivity index (χ1v) is 19.9. The highest BCUT2D eigenvalue weighted by atomic mass is 16.7. The van der Waals surface area contributed by atoms with E-state index in [0.29, 0.717) is 5.54 Å². The second kappa shape index (κ2) is 15.9. The van der Waals surface area contributed by atoms with Crippen molar-refractivity contribution in [3.63, 3.8) is 0 Å². The second-order valence-electron chi connectivity index (χ2n) is 18.4. The minimum atomic E-state index is -2.63. The first kappa shape index (κ1) is 41.9. The van der Waals surface area contributed by atoms with Crippen LogP contribution in [-0.4, -0.2) is 126 Å². The Bertz CT molecular complexity index is 1410. The van der Waals surface area contributed by atoms with Crippen molar-refractivity contribution in [1.82, 2.24) is 16.0 Å². The Morgan fingerprint density at radius 1 is 0.655 bits per heavy atom. The van der Waals surface area contributed by atoms with Crippen molar-refractivity contribution in [2.75, 3.05) is 6.54 Å². The van der Waals surface area contributed by atoms with Gasteiger partial charge in [0.2, 0.25) is 11.8 Å². The van der Waals surface area contributed by atoms with Gasteiger partial charge < -0.3 is 66.6 Å². The molecule has 17 nitrogen and oxygen atoms in total. The number of carboxylic acids is 2. The maximum atomic E-state index is 11.5. The molecular formula is C38H60N4O13. The lowest BCUT2D eigenvalue weighted by Gasteiger charge is -2.57. The highest BCUT2D eigenvalue weighted by Gasteiger charge is 2.55. The van der Waals surface area contributed by atoms with E-state index in [1.165, 1.54) is 71.6 Å². The molecule has 2 saturated heterocycles. The van der Waals surface area contributed by atoms with E-state index in [0.717, 1.165) is 54.8 Å². The van der Waals surface area contributed by atoms with Gasteiger partial charge in [-0.3, -0.25) is 9.59 Å². The van der Waals surface area contributed by atoms with Crippen molar-refractivity contribution in [3.05, 3.63) is 0 Å². The molecule has 2 amide bonds. The summed E-state index contributed by atoms with van der Waals surface area (Å²) in [4.78, 5) is 55.3. The van der Waals surface area contributed by atoms with Crippen LogP contribution in [0.5, 0.6) is 0 Å². The van der Waals surface area contributed by atoms with Gasteiger partial charge in [0.15, 0.2) is 6.29 Å². The molecule has 0 spiro atoms. The Labute approximate surface area is 320 Å². The molecule has 0 aromatic rings. The van der Waals surface area contributed by atoms with Gasteiger partial charge in [0.05, 0.1) is 30.4 Å². The number of carbonyl (C=O) groups is 5. The molecule has 17 heteroatoms. The number of carboxylic acid groups (broad SMARTS) is 2. The Balaban J connectivity index is 0.000000156. The van der Waals surface area contributed by atoms with E-state index in [9.17, 15) is 49.5 Å². The smallest absolute Gasteiger partial charge is 0.364 e. The monoisotopic (exact) mass is 780 g/mol. The molecule has 11 N–H and O–H groups in total. The van der Waals surface area contributed by atoms with Gasteiger partial charge in [0.1, 0.15) is 6.10 Å². The number of aliphatic hydroxyl groups excluding tert-OH is 2. The van der Waals surface area contributed by atoms with Crippen LogP contribution in [0.4, 0.5) is 0 Å². The Morgan fingerprint density at radius 3 is 1.42 bits per heavy atom. The standard InChI is InChI=1S/C19H30N2O6.C10H17N.C9H13NO7/c1-10(22)21-16-14(23)8-19(26,17(24)25)27-15(16)9-20-18-5-11-2-12(6-18)4-13(3-11)7-18;11-10-4-7-1-8(5-10)3-9(2-7)6-10;1-4(12)10-7-5(13)2-9(16,8(14)15)17-6(7)3-11/h11-16,20,23,26H,2-9H2,1H3,(H,21,22)(H,24,25);7-9H,1-6,11H2;3,5-7,13,16H,2H2,1H3,(H,10,12)(H,14,15). The first-order valence-electron chi connectivity index (χ1n) is 19.9. The topological polar surface area (TPSA) is 287 Å². The van der Waals surface area contributed by atoms with Crippen molar-refractivity contribution in [2.24, 2.45) is 41.2 Å². The molecule has 8 bridgehead atoms. The normalized spacial score (nSPS) is 47.3. The molecule has 55 heavy (non-hydrogen) atoms. The van der Waals surface area contributed by atoms with Crippen LogP contribution < -0.4 is 21.7 Å². The van der Waals surface area contributed by atoms with Crippen LogP contribution in [0.15, 0.2) is 0 Å². The predicted octanol–water partition coefficient (Wildman–Crippen LogP) is -0.501. The fourth-order valence-electron chi connectivity index (χ4n) is 12.2. The lowest BCUT2D eigenvalue weighted by Crippen LogP contribution is -2.67. The molecule has 8 saturated carbocycles. The molecule has 2 aliphatic heterocycles. The number of aldehydes is 1. The van der Waals surface area contributed by atoms with Crippen molar-refractivity contribution >= 4 is 30.0 Å². The van der Waals surface area contributed by atoms with Gasteiger partial charge in [-0.2, -0.15) is 0 Å². The molecule has 10 aliphatic rings. The van der Waals surface area contributed by atoms with Gasteiger partial charge in [-0.05, 0) is 113 Å². The van der Waals surface area contributed by atoms with Crippen LogP contribution in [0.3, 0.4) is 0 Å². The number of aliphatic hydroxyl groups is 4. The molecule has 2 heterocycles. The average Bonchev–Trinajstić information content (AvgIpc) is 3.05. The summed E-state index contributed by atoms with van der Waals surface area (Å²) in [5.74, 6) is -3.82. The number of ether oxygens (including phenoxy) is 2. The number of nitrogens with one attached hydrogen (secondary N) is 3. The molecule has 8 unspecified atom stereocenters. The number of nitrogens with two attached hydrogens (primary N) is 1. The fourth-order valence-corrected chi connectivity index (χ4v) is 12.2. The van der Waals surface area contributed by atoms with Crippen molar-refractivity contribution in [1.29, 1.82) is 0 Å². The summed E-state index contributed by atoms with van der Waals surface area (Å²) in [6.45, 7) is 2.80. The number of rotatable bonds is 8. The number of amides is 2. The van der Waals surface area contributed by atoms with Crippen LogP contribution in [0.2, 0.25) is 0 Å². The fraction of sp³-hybridized carbons (Fsp3) is 0.868. The summed E-state index contributed by atoms with van der Waals surface area (Å²) in [6.07, 6.45) is 10.1. The molecule has 8 aliphatic carbocycles. The lowest BCUT2D eigenvalue weighted by atomic mass is 9.53. The summed E-state index contributed by atoms with van der Waals surface area (Å²) in [6, 6.07) is -1.84. The molecule has 0 aromatic heterocycles. The third-order valence-corrected chi connectivity index (χ3v) is 13.6. The van der Waals surface area contributed by atoms with Crippen LogP contribution in [-0.2, 0) is 33.4 Å². The quantitative estimate of drug-likeness (QED) is 0.139. The number of aliphatic carboxylic acids is 2. The van der Waals surface area contributed by atoms with E-state index in [4.69, 9.17) is 15.6 Å². The third kappa shape index (κ3) is 9.35. The predicted molar refractivity (Wildman–Crippen MR) is 191 cm³/mol. The van der Waals surface area contributed by atoms with Gasteiger partial charge >= 0.3 is 11.9 Å². The Hall–Kier alpha value is -2.77. The van der Waals surface area contributed by atoms with E-state index in [2.05, 4.69) is 20.7 Å². The molecule has 0 aromatic carbocycles. The van der Waals surface area contributed by atoms with Crippen LogP contribution in [0, 0.1) is 35.5 Å². The zero-order valence-corrected chi connectivity index (χ0v) is 31.7. The summed E-state index contributed by atoms with van der Waals surface area (Å²) in [5, 5.41) is 66.4. The Kier molecular flexibility index (Phi) is 12.1. The van der Waals surface area contributed by atoms with Crippen molar-refractivity contribution in [2.45, 2.75) is 163 Å². The molecule has 10 rings (SSSR count). The average molecular weight is 781 g/mol. The number of carbonyl (C=O) groups excluding carboxylic acids is 3. The summed E-state index contributed by atoms with van der Waals surface area (Å²) < 4.78 is 10.2. The van der Waals surface area contributed by atoms with Gasteiger partial charge in [0.25, 0.3) is 11.6 Å². The van der Waals surface area contributed by atoms with Crippen LogP contribution in [0.1, 0.15) is 104 Å². The maximum absolute atomic E-state index is 11.5. The first-order chi connectivity index (χ1) is 25.7. The van der Waals surface area contributed by atoms with Crippen LogP contribution >= 0.6 is 0 Å². The van der Waals surface area contributed by atoms with Gasteiger partial charge in [-0.1, -0.05) is 0 Å². The van der Waals surface area contributed by atoms with Crippen molar-refractivity contribution in [3.8, 4) is 0 Å². The lowest BCUT2D eigenvalue weighted by molar-refractivity contribution is -0.276. The summed E-state index contributed by atoms with van der Waals surface area (Å²) >= 11 is 0. The van der Waals surface area contributed by atoms with E-state index < -0.39 is 78.8 Å². The summed E-state index contributed by atoms with van der Waals surface area (Å²) in [7, 11) is 0. The largest absolute Gasteiger partial charge is 0.477 e. The second-order valence-corrected chi connectivity index (χ2v) is 18.4. The molecule has 0 radical (unpaired) electrons. The molecular weight excluding hydrogens is 720 g/mol. The van der Waals surface area contributed by atoms with Crippen molar-refractivity contribution < 1.29 is 64.1 Å². The highest BCUT2D eigenvalue weighted by Crippen LogP contribution is 2.56. The van der Waals surface area contributed by atoms with E-state index >= 15 is 0 Å². The minimum absolute atomic E-state index is 0.0304. The van der Waals surface area contributed by atoms with Gasteiger partial charge in [-0.15, -0.1) is 0 Å². The molecule has 310 valence electrons. The zero-order valence-electron chi connectivity index (χ0n) is 31.7. The molecule has 8 atom stereocenters. The van der Waals surface area contributed by atoms with E-state index in [1.807, 2.05) is 0 Å². The zero-order chi connectivity index (χ0) is 40.1. The molecule has 10 fully saturated rings. The Morgan fingerprint density at radius 2 is 1.04 bits per heavy atom. The van der Waals surface area contributed by atoms with Gasteiger partial charge in [-0.25, -0.2) is 9.59 Å². The van der Waals surface area contributed by atoms with E-state index in [1.54, 1.807) is 0 Å². The van der Waals surface area contributed by atoms with Crippen LogP contribution in [0.25, 0.3) is 0 Å². The SMILES string of the molecule is CC(=O)NC1C(O)CC(O)(C(=O)O)OC1C=O.CC(=O)NC1C(O)CC(O)(C(=O)O)OC1CNC12CC3CC(CC(C3)C1)C2.NC12CC3CC(CC(C3)C1)C2. The minimum Gasteiger partial charge on any atom is -0.477 e. The third-order valence-electron chi connectivity index (χ3n) is 13.6. The highest BCUT2D eigenvalue weighted by molar-refractivity contribution is 5.78. The summed E-state index contributed by atoms with van der Waals surface area (Å²) in [5.41, 5.74) is 6.65. The maximum Gasteiger partial charge on any atom is 0.364 e. The number of hydrogen-bond acceptors (Lipinski definition) is 13. The number of hydrogen-bond donors (Lipinski definition) is 10.